The third kappa shape index (κ3) is 7.35. The van der Waals surface area contributed by atoms with Crippen molar-refractivity contribution >= 4 is 12.1 Å². The molecule has 0 spiro atoms. The van der Waals surface area contributed by atoms with Crippen LogP contribution >= 0.6 is 0 Å². The number of alkyl carbamates (subject to hydrolysis) is 1. The summed E-state index contributed by atoms with van der Waals surface area (Å²) in [6, 6.07) is 0. The molecule has 0 aromatic heterocycles. The molecule has 82 valence electrons. The second kappa shape index (κ2) is 5.43. The van der Waals surface area contributed by atoms with Gasteiger partial charge in [-0.25, -0.2) is 9.59 Å². The molecule has 0 saturated carbocycles. The molecule has 0 bridgehead atoms. The number of hydrogen-bond donors (Lipinski definition) is 1. The first-order valence-electron chi connectivity index (χ1n) is 4.05. The van der Waals surface area contributed by atoms with Gasteiger partial charge in [0.2, 0.25) is 0 Å². The number of nitrogens with one attached hydrogen (secondary N) is 1. The van der Waals surface area contributed by atoms with Crippen LogP contribution in [0.15, 0.2) is 0 Å². The monoisotopic (exact) mass is 205 g/mol. The zero-order valence-corrected chi connectivity index (χ0v) is 8.75. The Hall–Kier alpha value is -1.30. The van der Waals surface area contributed by atoms with Gasteiger partial charge in [0.15, 0.2) is 0 Å². The smallest absolute Gasteiger partial charge is 0.408 e. The van der Waals surface area contributed by atoms with Crippen molar-refractivity contribution in [3.63, 3.8) is 0 Å². The lowest BCUT2D eigenvalue weighted by molar-refractivity contribution is -0.253. The van der Waals surface area contributed by atoms with E-state index in [4.69, 9.17) is 4.74 Å². The van der Waals surface area contributed by atoms with Gasteiger partial charge in [-0.3, -0.25) is 4.89 Å². The van der Waals surface area contributed by atoms with Crippen LogP contribution in [0.3, 0.4) is 0 Å². The van der Waals surface area contributed by atoms with Crippen molar-refractivity contribution in [1.82, 2.24) is 5.32 Å². The van der Waals surface area contributed by atoms with Crippen molar-refractivity contribution in [1.29, 1.82) is 0 Å². The summed E-state index contributed by atoms with van der Waals surface area (Å²) in [4.78, 5) is 29.9. The van der Waals surface area contributed by atoms with Gasteiger partial charge in [0.25, 0.3) is 0 Å². The van der Waals surface area contributed by atoms with Gasteiger partial charge in [0.1, 0.15) is 12.1 Å². The van der Waals surface area contributed by atoms with Crippen LogP contribution in [0.1, 0.15) is 20.8 Å². The lowest BCUT2D eigenvalue weighted by Crippen LogP contribution is -2.35. The average Bonchev–Trinajstić information content (AvgIpc) is 1.98. The van der Waals surface area contributed by atoms with Gasteiger partial charge >= 0.3 is 12.1 Å². The van der Waals surface area contributed by atoms with Crippen molar-refractivity contribution in [3.8, 4) is 0 Å². The predicted octanol–water partition coefficient (Wildman–Crippen LogP) is 0.616. The summed E-state index contributed by atoms with van der Waals surface area (Å²) < 4.78 is 4.87. The van der Waals surface area contributed by atoms with Gasteiger partial charge < -0.3 is 10.1 Å². The molecule has 0 aromatic carbocycles. The molecule has 1 N–H and O–H groups in total. The van der Waals surface area contributed by atoms with E-state index in [1.54, 1.807) is 20.8 Å². The topological polar surface area (TPSA) is 73.9 Å². The van der Waals surface area contributed by atoms with Crippen molar-refractivity contribution in [2.45, 2.75) is 26.4 Å². The van der Waals surface area contributed by atoms with Gasteiger partial charge in [-0.05, 0) is 20.8 Å². The largest absolute Gasteiger partial charge is 0.444 e. The van der Waals surface area contributed by atoms with Crippen LogP contribution in [0.25, 0.3) is 0 Å². The fraction of sp³-hybridized carbons (Fsp3) is 0.750. The Morgan fingerprint density at radius 1 is 1.29 bits per heavy atom. The van der Waals surface area contributed by atoms with E-state index in [1.165, 1.54) is 7.11 Å². The number of ether oxygens (including phenoxy) is 1. The van der Waals surface area contributed by atoms with E-state index in [2.05, 4.69) is 15.1 Å². The molecule has 0 aliphatic heterocycles. The third-order valence-corrected chi connectivity index (χ3v) is 0.952. The summed E-state index contributed by atoms with van der Waals surface area (Å²) in [5, 5.41) is 2.21. The summed E-state index contributed by atoms with van der Waals surface area (Å²) in [5.74, 6) is -0.696. The van der Waals surface area contributed by atoms with Crippen LogP contribution in [0.2, 0.25) is 0 Å². The highest BCUT2D eigenvalue weighted by Gasteiger charge is 2.16. The van der Waals surface area contributed by atoms with Gasteiger partial charge in [0.05, 0.1) is 7.11 Å². The molecular formula is C8H15NO5. The maximum absolute atomic E-state index is 11.0. The van der Waals surface area contributed by atoms with Gasteiger partial charge in [-0.15, -0.1) is 0 Å². The Balaban J connectivity index is 3.70. The molecule has 14 heavy (non-hydrogen) atoms. The minimum Gasteiger partial charge on any atom is -0.444 e. The summed E-state index contributed by atoms with van der Waals surface area (Å²) in [6.45, 7) is 4.88. The molecule has 0 aromatic rings. The highest BCUT2D eigenvalue weighted by molar-refractivity contribution is 5.77. The molecule has 6 heteroatoms. The first-order chi connectivity index (χ1) is 6.35. The molecule has 6 nitrogen and oxygen atoms in total. The summed E-state index contributed by atoms with van der Waals surface area (Å²) in [6.07, 6.45) is -0.675. The molecule has 0 heterocycles. The highest BCUT2D eigenvalue weighted by atomic mass is 17.2. The maximum atomic E-state index is 11.0. The normalized spacial score (nSPS) is 10.6. The van der Waals surface area contributed by atoms with E-state index in [-0.39, 0.29) is 6.54 Å². The fourth-order valence-electron chi connectivity index (χ4n) is 0.581. The number of amides is 1. The highest BCUT2D eigenvalue weighted by Crippen LogP contribution is 2.05. The molecule has 0 fully saturated rings. The Bertz CT molecular complexity index is 208. The maximum Gasteiger partial charge on any atom is 0.408 e. The first kappa shape index (κ1) is 12.7. The van der Waals surface area contributed by atoms with Crippen LogP contribution in [0.4, 0.5) is 4.79 Å². The van der Waals surface area contributed by atoms with Gasteiger partial charge in [0, 0.05) is 0 Å². The number of rotatable bonds is 3. The van der Waals surface area contributed by atoms with Gasteiger partial charge in [-0.2, -0.15) is 4.89 Å². The second-order valence-corrected chi connectivity index (χ2v) is 3.48. The van der Waals surface area contributed by atoms with Crippen molar-refractivity contribution in [3.05, 3.63) is 0 Å². The van der Waals surface area contributed by atoms with E-state index >= 15 is 0 Å². The summed E-state index contributed by atoms with van der Waals surface area (Å²) in [7, 11) is 1.20. The molecular weight excluding hydrogens is 190 g/mol. The first-order valence-corrected chi connectivity index (χ1v) is 4.05. The standard InChI is InChI=1S/C8H15NO5/c1-8(2,3)13-7(11)9-5-6(10)14-12-4/h5H2,1-4H3,(H,9,11). The third-order valence-electron chi connectivity index (χ3n) is 0.952. The van der Waals surface area contributed by atoms with Crippen LogP contribution in [0, 0.1) is 0 Å². The zero-order chi connectivity index (χ0) is 11.2. The van der Waals surface area contributed by atoms with Crippen molar-refractivity contribution in [2.24, 2.45) is 0 Å². The van der Waals surface area contributed by atoms with Crippen molar-refractivity contribution in [2.75, 3.05) is 13.7 Å². The Labute approximate surface area is 82.4 Å². The van der Waals surface area contributed by atoms with Crippen LogP contribution in [-0.4, -0.2) is 31.3 Å². The number of hydrogen-bond acceptors (Lipinski definition) is 5. The predicted molar refractivity (Wildman–Crippen MR) is 47.3 cm³/mol. The minimum absolute atomic E-state index is 0.289. The van der Waals surface area contributed by atoms with E-state index in [9.17, 15) is 9.59 Å². The summed E-state index contributed by atoms with van der Waals surface area (Å²) in [5.41, 5.74) is -0.588. The molecule has 0 aliphatic carbocycles. The fourth-order valence-corrected chi connectivity index (χ4v) is 0.581. The van der Waals surface area contributed by atoms with Crippen LogP contribution < -0.4 is 5.32 Å². The molecule has 0 saturated heterocycles. The van der Waals surface area contributed by atoms with Crippen LogP contribution in [0.5, 0.6) is 0 Å². The van der Waals surface area contributed by atoms with Gasteiger partial charge in [-0.1, -0.05) is 0 Å². The molecule has 1 amide bonds. The average molecular weight is 205 g/mol. The SMILES string of the molecule is COOC(=O)CNC(=O)OC(C)(C)C. The molecule has 0 rings (SSSR count). The summed E-state index contributed by atoms with van der Waals surface area (Å²) >= 11 is 0. The van der Waals surface area contributed by atoms with Crippen LogP contribution in [-0.2, 0) is 19.3 Å². The van der Waals surface area contributed by atoms with E-state index in [0.29, 0.717) is 0 Å². The molecule has 0 radical (unpaired) electrons. The molecule has 0 unspecified atom stereocenters. The Morgan fingerprint density at radius 3 is 2.29 bits per heavy atom. The molecule has 0 atom stereocenters. The lowest BCUT2D eigenvalue weighted by Gasteiger charge is -2.19. The number of carbonyl (C=O) groups excluding carboxylic acids is 2. The Kier molecular flexibility index (Phi) is 4.93. The second-order valence-electron chi connectivity index (χ2n) is 3.48. The van der Waals surface area contributed by atoms with E-state index < -0.39 is 17.7 Å². The van der Waals surface area contributed by atoms with E-state index in [0.717, 1.165) is 0 Å². The van der Waals surface area contributed by atoms with E-state index in [1.807, 2.05) is 0 Å². The Morgan fingerprint density at radius 2 is 1.86 bits per heavy atom. The molecule has 0 aliphatic rings. The number of carbonyl (C=O) groups is 2. The zero-order valence-electron chi connectivity index (χ0n) is 8.75. The van der Waals surface area contributed by atoms with Crippen molar-refractivity contribution < 1.29 is 24.1 Å². The minimum atomic E-state index is -0.696. The lowest BCUT2D eigenvalue weighted by atomic mass is 10.2. The quantitative estimate of drug-likeness (QED) is 0.540.